The zero-order valence-electron chi connectivity index (χ0n) is 21.0. The Kier molecular flexibility index (Phi) is 7.11. The van der Waals surface area contributed by atoms with Gasteiger partial charge in [-0.05, 0) is 32.9 Å². The van der Waals surface area contributed by atoms with E-state index in [0.717, 1.165) is 0 Å². The number of nitrogens with two attached hydrogens (primary N) is 1. The van der Waals surface area contributed by atoms with Crippen LogP contribution in [0, 0.1) is 0 Å². The lowest BCUT2D eigenvalue weighted by Crippen LogP contribution is -2.46. The average Bonchev–Trinajstić information content (AvgIpc) is 3.53. The van der Waals surface area contributed by atoms with Crippen LogP contribution in [0.3, 0.4) is 0 Å². The molecular weight excluding hydrogens is 519 g/mol. The predicted octanol–water partition coefficient (Wildman–Crippen LogP) is 1.57. The van der Waals surface area contributed by atoms with Gasteiger partial charge in [-0.15, -0.1) is 0 Å². The molecule has 2 saturated heterocycles. The molecule has 2 aliphatic heterocycles. The van der Waals surface area contributed by atoms with E-state index in [9.17, 15) is 14.5 Å². The highest BCUT2D eigenvalue weighted by atomic mass is 31.2. The van der Waals surface area contributed by atoms with E-state index in [1.54, 1.807) is 48.7 Å². The van der Waals surface area contributed by atoms with Crippen molar-refractivity contribution in [2.75, 3.05) is 18.9 Å². The number of nitrogens with one attached hydrogen (secondary N) is 1. The lowest BCUT2D eigenvalue weighted by Gasteiger charge is -2.32. The van der Waals surface area contributed by atoms with Crippen molar-refractivity contribution in [3.05, 3.63) is 43.0 Å². The van der Waals surface area contributed by atoms with Gasteiger partial charge < -0.3 is 29.6 Å². The molecule has 4 N–H and O–H groups in total. The fourth-order valence-corrected chi connectivity index (χ4v) is 5.87. The highest BCUT2D eigenvalue weighted by Gasteiger charge is 2.63. The summed E-state index contributed by atoms with van der Waals surface area (Å²) in [5.74, 6) is -0.182. The molecule has 38 heavy (non-hydrogen) atoms. The number of nitrogen functional groups attached to an aromatic ring is 1. The molecule has 5 rings (SSSR count). The maximum atomic E-state index is 13.9. The van der Waals surface area contributed by atoms with Gasteiger partial charge in [0, 0.05) is 0 Å². The van der Waals surface area contributed by atoms with Gasteiger partial charge in [-0.3, -0.25) is 13.9 Å². The summed E-state index contributed by atoms with van der Waals surface area (Å²) in [6, 6.07) is 7.33. The van der Waals surface area contributed by atoms with Crippen molar-refractivity contribution in [3.63, 3.8) is 0 Å². The van der Waals surface area contributed by atoms with E-state index in [2.05, 4.69) is 20.0 Å². The summed E-state index contributed by atoms with van der Waals surface area (Å²) >= 11 is 0. The summed E-state index contributed by atoms with van der Waals surface area (Å²) in [4.78, 5) is 24.8. The second kappa shape index (κ2) is 10.2. The Balaban J connectivity index is 1.36. The number of hydrogen-bond donors (Lipinski definition) is 3. The molecule has 0 radical (unpaired) electrons. The van der Waals surface area contributed by atoms with Gasteiger partial charge in [0.25, 0.3) is 0 Å². The first-order valence-corrected chi connectivity index (χ1v) is 13.5. The Labute approximate surface area is 218 Å². The first kappa shape index (κ1) is 26.5. The number of imidazole rings is 1. The zero-order valence-corrected chi connectivity index (χ0v) is 21.9. The zero-order chi connectivity index (χ0) is 27.1. The molecule has 4 heterocycles. The number of benzene rings is 1. The summed E-state index contributed by atoms with van der Waals surface area (Å²) in [7, 11) is -4.19. The number of ether oxygens (including phenoxy) is 3. The highest BCUT2D eigenvalue weighted by Crippen LogP contribution is 2.50. The molecule has 0 aliphatic carbocycles. The van der Waals surface area contributed by atoms with Crippen molar-refractivity contribution in [2.24, 2.45) is 0 Å². The van der Waals surface area contributed by atoms with E-state index >= 15 is 0 Å². The van der Waals surface area contributed by atoms with Crippen LogP contribution in [0.2, 0.25) is 0 Å². The van der Waals surface area contributed by atoms with Crippen LogP contribution in [-0.2, 0) is 28.1 Å². The first-order chi connectivity index (χ1) is 18.1. The van der Waals surface area contributed by atoms with Crippen LogP contribution in [-0.4, -0.2) is 73.8 Å². The quantitative estimate of drug-likeness (QED) is 0.245. The summed E-state index contributed by atoms with van der Waals surface area (Å²) in [6.45, 7) is 4.48. The minimum absolute atomic E-state index is 0.0324. The van der Waals surface area contributed by atoms with E-state index in [1.807, 2.05) is 0 Å². The molecule has 0 saturated carbocycles. The minimum atomic E-state index is -4.19. The molecule has 3 aromatic rings. The predicted molar refractivity (Wildman–Crippen MR) is 133 cm³/mol. The van der Waals surface area contributed by atoms with Crippen molar-refractivity contribution in [2.45, 2.75) is 57.0 Å². The number of fused-ring (bicyclic) bond motifs is 3. The topological polar surface area (TPSA) is 182 Å². The van der Waals surface area contributed by atoms with Gasteiger partial charge in [-0.2, -0.15) is 5.09 Å². The number of para-hydroxylation sites is 1. The number of esters is 1. The second-order valence-electron chi connectivity index (χ2n) is 9.39. The number of carbonyl (C=O) groups excluding carboxylic acids is 1. The number of anilines is 1. The molecule has 2 aliphatic rings. The van der Waals surface area contributed by atoms with E-state index in [4.69, 9.17) is 29.0 Å². The van der Waals surface area contributed by atoms with Crippen LogP contribution in [0.5, 0.6) is 5.75 Å². The molecule has 6 atom stereocenters. The lowest BCUT2D eigenvalue weighted by molar-refractivity contribution is -0.183. The van der Waals surface area contributed by atoms with Gasteiger partial charge in [0.15, 0.2) is 17.7 Å². The first-order valence-electron chi connectivity index (χ1n) is 12.0. The number of aromatic nitrogens is 4. The van der Waals surface area contributed by atoms with Crippen LogP contribution in [0.25, 0.3) is 11.2 Å². The molecule has 2 fully saturated rings. The molecule has 2 aromatic heterocycles. The van der Waals surface area contributed by atoms with Crippen molar-refractivity contribution in [1.82, 2.24) is 24.6 Å². The third-order valence-electron chi connectivity index (χ3n) is 6.17. The minimum Gasteiger partial charge on any atom is -0.462 e. The normalized spacial score (nSPS) is 26.9. The van der Waals surface area contributed by atoms with Crippen LogP contribution < -0.4 is 15.3 Å². The Morgan fingerprint density at radius 3 is 2.79 bits per heavy atom. The SMILES string of the molecule is CC(C)OC(=O)[C@H](C)N[P@](=O)(OC[C@@]12CO[C@@H](C(n3cnc4c(N)ncnc43)O1)[C@@H]2O)Oc1ccccc1. The molecule has 14 nitrogen and oxygen atoms in total. The highest BCUT2D eigenvalue weighted by molar-refractivity contribution is 7.52. The number of aliphatic hydroxyl groups is 1. The number of hydrogen-bond acceptors (Lipinski definition) is 12. The molecule has 0 amide bonds. The van der Waals surface area contributed by atoms with Gasteiger partial charge in [0.1, 0.15) is 41.4 Å². The van der Waals surface area contributed by atoms with Gasteiger partial charge >= 0.3 is 13.7 Å². The monoisotopic (exact) mass is 548 g/mol. The Morgan fingerprint density at radius 1 is 1.29 bits per heavy atom. The lowest BCUT2D eigenvalue weighted by atomic mass is 10.0. The number of rotatable bonds is 10. The van der Waals surface area contributed by atoms with Crippen LogP contribution in [0.1, 0.15) is 27.0 Å². The second-order valence-corrected chi connectivity index (χ2v) is 11.1. The third kappa shape index (κ3) is 4.98. The Morgan fingerprint density at radius 2 is 2.05 bits per heavy atom. The average molecular weight is 548 g/mol. The summed E-state index contributed by atoms with van der Waals surface area (Å²) < 4.78 is 44.2. The van der Waals surface area contributed by atoms with E-state index in [-0.39, 0.29) is 30.9 Å². The van der Waals surface area contributed by atoms with E-state index in [1.165, 1.54) is 19.6 Å². The molecule has 1 aromatic carbocycles. The summed E-state index contributed by atoms with van der Waals surface area (Å²) in [6.07, 6.45) is -0.338. The molecule has 204 valence electrons. The van der Waals surface area contributed by atoms with Gasteiger partial charge in [0.2, 0.25) is 0 Å². The van der Waals surface area contributed by atoms with Gasteiger partial charge in [-0.1, -0.05) is 18.2 Å². The fourth-order valence-electron chi connectivity index (χ4n) is 4.32. The molecule has 15 heteroatoms. The summed E-state index contributed by atoms with van der Waals surface area (Å²) in [5.41, 5.74) is 5.29. The number of carbonyl (C=O) groups is 1. The third-order valence-corrected chi connectivity index (χ3v) is 7.80. The fraction of sp³-hybridized carbons (Fsp3) is 0.478. The van der Waals surface area contributed by atoms with Crippen molar-refractivity contribution in [1.29, 1.82) is 0 Å². The van der Waals surface area contributed by atoms with Gasteiger partial charge in [-0.25, -0.2) is 19.5 Å². The van der Waals surface area contributed by atoms with Crippen molar-refractivity contribution >= 4 is 30.7 Å². The van der Waals surface area contributed by atoms with Gasteiger partial charge in [0.05, 0.1) is 25.6 Å². The number of nitrogens with zero attached hydrogens (tertiary/aromatic N) is 4. The van der Waals surface area contributed by atoms with E-state index in [0.29, 0.717) is 11.2 Å². The largest absolute Gasteiger partial charge is 0.462 e. The molecule has 1 unspecified atom stereocenters. The summed E-state index contributed by atoms with van der Waals surface area (Å²) in [5, 5.41) is 13.7. The van der Waals surface area contributed by atoms with Crippen LogP contribution >= 0.6 is 7.75 Å². The standard InChI is InChI=1S/C23H29N6O8P/c1-13(2)35-22(31)14(3)28-38(32,37-15-7-5-4-6-8-15)34-10-23-9-33-17(18(23)30)21(36-23)29-12-27-16-19(24)25-11-26-20(16)29/h4-8,11-14,17-18,21,30H,9-10H2,1-3H3,(H,28,32)(H2,24,25,26)/t14-,17+,18-,21?,23+,38-/m0/s1. The Bertz CT molecular complexity index is 1360. The number of aliphatic hydroxyl groups excluding tert-OH is 1. The molecular formula is C23H29N6O8P. The van der Waals surface area contributed by atoms with Crippen LogP contribution in [0.4, 0.5) is 5.82 Å². The van der Waals surface area contributed by atoms with Crippen LogP contribution in [0.15, 0.2) is 43.0 Å². The van der Waals surface area contributed by atoms with Crippen molar-refractivity contribution < 1.29 is 37.7 Å². The maximum absolute atomic E-state index is 13.9. The van der Waals surface area contributed by atoms with Crippen molar-refractivity contribution in [3.8, 4) is 5.75 Å². The Hall–Kier alpha value is -3.13. The van der Waals surface area contributed by atoms with E-state index < -0.39 is 43.8 Å². The maximum Gasteiger partial charge on any atom is 0.459 e. The molecule has 0 spiro atoms. The smallest absolute Gasteiger partial charge is 0.459 e. The molecule has 2 bridgehead atoms.